The van der Waals surface area contributed by atoms with Gasteiger partial charge in [-0.3, -0.25) is 9.48 Å². The average molecular weight is 196 g/mol. The minimum atomic E-state index is -0.00528. The number of rotatable bonds is 5. The van der Waals surface area contributed by atoms with Gasteiger partial charge in [-0.1, -0.05) is 0 Å². The minimum Gasteiger partial charge on any atom is -0.374 e. The molecule has 0 amide bonds. The van der Waals surface area contributed by atoms with Crippen LogP contribution in [0.1, 0.15) is 30.0 Å². The topological polar surface area (TPSA) is 44.1 Å². The highest BCUT2D eigenvalue weighted by atomic mass is 16.5. The summed E-state index contributed by atoms with van der Waals surface area (Å²) in [6.07, 6.45) is 0. The maximum Gasteiger partial charge on any atom is 0.206 e. The lowest BCUT2D eigenvalue weighted by molar-refractivity contribution is 0.0772. The van der Waals surface area contributed by atoms with Crippen LogP contribution < -0.4 is 0 Å². The number of carbonyl (C=O) groups is 1. The first kappa shape index (κ1) is 10.9. The summed E-state index contributed by atoms with van der Waals surface area (Å²) in [6, 6.07) is 1.80. The molecule has 0 saturated carbocycles. The van der Waals surface area contributed by atoms with E-state index >= 15 is 0 Å². The third kappa shape index (κ3) is 2.42. The van der Waals surface area contributed by atoms with Gasteiger partial charge >= 0.3 is 0 Å². The molecule has 1 heterocycles. The molecule has 0 fully saturated rings. The van der Waals surface area contributed by atoms with Crippen molar-refractivity contribution in [3.63, 3.8) is 0 Å². The quantitative estimate of drug-likeness (QED) is 0.669. The van der Waals surface area contributed by atoms with Gasteiger partial charge in [-0.05, 0) is 26.8 Å². The summed E-state index contributed by atoms with van der Waals surface area (Å²) in [5.41, 5.74) is 1.50. The maximum absolute atomic E-state index is 11.6. The fraction of sp³-hybridized carbons (Fsp3) is 0.600. The smallest absolute Gasteiger partial charge is 0.206 e. The second kappa shape index (κ2) is 4.91. The summed E-state index contributed by atoms with van der Waals surface area (Å²) < 4.78 is 6.77. The fourth-order valence-electron chi connectivity index (χ4n) is 1.28. The number of carbonyl (C=O) groups excluding carboxylic acids is 1. The highest BCUT2D eigenvalue weighted by Crippen LogP contribution is 2.04. The lowest BCUT2D eigenvalue weighted by Gasteiger charge is -2.03. The molecule has 0 aliphatic rings. The number of aromatic nitrogens is 2. The van der Waals surface area contributed by atoms with E-state index in [9.17, 15) is 4.79 Å². The Morgan fingerprint density at radius 2 is 2.29 bits per heavy atom. The van der Waals surface area contributed by atoms with Gasteiger partial charge in [0.25, 0.3) is 0 Å². The molecule has 0 atom stereocenters. The Bertz CT molecular complexity index is 318. The second-order valence-corrected chi connectivity index (χ2v) is 3.05. The van der Waals surface area contributed by atoms with Crippen molar-refractivity contribution >= 4 is 5.78 Å². The van der Waals surface area contributed by atoms with Crippen molar-refractivity contribution in [1.82, 2.24) is 9.78 Å². The number of hydrogen-bond acceptors (Lipinski definition) is 3. The molecule has 0 aromatic carbocycles. The van der Waals surface area contributed by atoms with E-state index in [1.54, 1.807) is 10.7 Å². The highest BCUT2D eigenvalue weighted by Gasteiger charge is 2.12. The number of aryl methyl sites for hydroxylation is 2. The van der Waals surface area contributed by atoms with Gasteiger partial charge in [0.05, 0.1) is 5.69 Å². The summed E-state index contributed by atoms with van der Waals surface area (Å²) in [7, 11) is 0. The summed E-state index contributed by atoms with van der Waals surface area (Å²) in [5, 5.41) is 4.20. The predicted molar refractivity (Wildman–Crippen MR) is 53.5 cm³/mol. The van der Waals surface area contributed by atoms with Crippen molar-refractivity contribution in [3.8, 4) is 0 Å². The van der Waals surface area contributed by atoms with E-state index in [4.69, 9.17) is 4.74 Å². The van der Waals surface area contributed by atoms with Gasteiger partial charge in [0.15, 0.2) is 0 Å². The van der Waals surface area contributed by atoms with Gasteiger partial charge in [0, 0.05) is 13.2 Å². The largest absolute Gasteiger partial charge is 0.374 e. The van der Waals surface area contributed by atoms with Crippen molar-refractivity contribution in [1.29, 1.82) is 0 Å². The molecule has 0 spiro atoms. The van der Waals surface area contributed by atoms with Crippen LogP contribution in [0.5, 0.6) is 0 Å². The van der Waals surface area contributed by atoms with Crippen LogP contribution in [0, 0.1) is 6.92 Å². The molecule has 4 heteroatoms. The Hall–Kier alpha value is -1.16. The van der Waals surface area contributed by atoms with Crippen LogP contribution in [0.3, 0.4) is 0 Å². The standard InChI is InChI=1S/C10H16N2O2/c1-4-12-9(6-8(3)11-12)10(13)7-14-5-2/h6H,4-5,7H2,1-3H3. The average Bonchev–Trinajstić information content (AvgIpc) is 2.56. The van der Waals surface area contributed by atoms with Crippen LogP contribution in [0.15, 0.2) is 6.07 Å². The molecule has 0 unspecified atom stereocenters. The Labute approximate surface area is 83.9 Å². The Balaban J connectivity index is 2.77. The van der Waals surface area contributed by atoms with Crippen molar-refractivity contribution in [3.05, 3.63) is 17.5 Å². The van der Waals surface area contributed by atoms with Gasteiger partial charge in [-0.25, -0.2) is 0 Å². The third-order valence-electron chi connectivity index (χ3n) is 1.92. The highest BCUT2D eigenvalue weighted by molar-refractivity contribution is 5.95. The van der Waals surface area contributed by atoms with Crippen LogP contribution in [0.2, 0.25) is 0 Å². The monoisotopic (exact) mass is 196 g/mol. The Kier molecular flexibility index (Phi) is 3.83. The molecule has 78 valence electrons. The predicted octanol–water partition coefficient (Wildman–Crippen LogP) is 1.43. The molecular formula is C10H16N2O2. The summed E-state index contributed by atoms with van der Waals surface area (Å²) >= 11 is 0. The Morgan fingerprint density at radius 3 is 2.86 bits per heavy atom. The van der Waals surface area contributed by atoms with Gasteiger partial charge in [0.1, 0.15) is 12.3 Å². The minimum absolute atomic E-state index is 0.00528. The van der Waals surface area contributed by atoms with Crippen LogP contribution >= 0.6 is 0 Å². The SMILES string of the molecule is CCOCC(=O)c1cc(C)nn1CC. The number of hydrogen-bond donors (Lipinski definition) is 0. The van der Waals surface area contributed by atoms with Crippen molar-refractivity contribution in [2.24, 2.45) is 0 Å². The number of nitrogens with zero attached hydrogens (tertiary/aromatic N) is 2. The number of Topliss-reactive ketones (excluding diaryl/α,β-unsaturated/α-hetero) is 1. The van der Waals surface area contributed by atoms with E-state index in [-0.39, 0.29) is 12.4 Å². The van der Waals surface area contributed by atoms with Gasteiger partial charge < -0.3 is 4.74 Å². The zero-order valence-electron chi connectivity index (χ0n) is 8.91. The molecule has 1 aromatic heterocycles. The van der Waals surface area contributed by atoms with E-state index < -0.39 is 0 Å². The molecular weight excluding hydrogens is 180 g/mol. The first-order chi connectivity index (χ1) is 6.69. The van der Waals surface area contributed by atoms with Crippen LogP contribution in [-0.2, 0) is 11.3 Å². The maximum atomic E-state index is 11.6. The first-order valence-corrected chi connectivity index (χ1v) is 4.84. The zero-order valence-corrected chi connectivity index (χ0v) is 8.91. The molecule has 0 aliphatic heterocycles. The van der Waals surface area contributed by atoms with Crippen LogP contribution in [-0.4, -0.2) is 28.8 Å². The third-order valence-corrected chi connectivity index (χ3v) is 1.92. The number of ether oxygens (including phenoxy) is 1. The van der Waals surface area contributed by atoms with Gasteiger partial charge in [-0.15, -0.1) is 0 Å². The van der Waals surface area contributed by atoms with Crippen LogP contribution in [0.25, 0.3) is 0 Å². The second-order valence-electron chi connectivity index (χ2n) is 3.05. The van der Waals surface area contributed by atoms with Crippen molar-refractivity contribution in [2.75, 3.05) is 13.2 Å². The molecule has 0 bridgehead atoms. The molecule has 0 aliphatic carbocycles. The molecule has 0 saturated heterocycles. The van der Waals surface area contributed by atoms with Crippen molar-refractivity contribution < 1.29 is 9.53 Å². The number of ketones is 1. The van der Waals surface area contributed by atoms with E-state index in [0.29, 0.717) is 18.8 Å². The molecule has 0 radical (unpaired) electrons. The summed E-state index contributed by atoms with van der Waals surface area (Å²) in [6.45, 7) is 7.12. The summed E-state index contributed by atoms with van der Waals surface area (Å²) in [5.74, 6) is -0.00528. The summed E-state index contributed by atoms with van der Waals surface area (Å²) in [4.78, 5) is 11.6. The van der Waals surface area contributed by atoms with Gasteiger partial charge in [-0.2, -0.15) is 5.10 Å². The van der Waals surface area contributed by atoms with Gasteiger partial charge in [0.2, 0.25) is 5.78 Å². The lowest BCUT2D eigenvalue weighted by Crippen LogP contribution is -2.14. The lowest BCUT2D eigenvalue weighted by atomic mass is 10.3. The van der Waals surface area contributed by atoms with E-state index in [1.165, 1.54) is 0 Å². The fourth-order valence-corrected chi connectivity index (χ4v) is 1.28. The molecule has 1 aromatic rings. The molecule has 14 heavy (non-hydrogen) atoms. The van der Waals surface area contributed by atoms with Crippen molar-refractivity contribution in [2.45, 2.75) is 27.3 Å². The molecule has 1 rings (SSSR count). The molecule has 4 nitrogen and oxygen atoms in total. The van der Waals surface area contributed by atoms with Crippen LogP contribution in [0.4, 0.5) is 0 Å². The van der Waals surface area contributed by atoms with E-state index in [0.717, 1.165) is 5.69 Å². The normalized spacial score (nSPS) is 10.5. The first-order valence-electron chi connectivity index (χ1n) is 4.84. The van der Waals surface area contributed by atoms with E-state index in [2.05, 4.69) is 5.10 Å². The zero-order chi connectivity index (χ0) is 10.6. The molecule has 0 N–H and O–H groups in total. The van der Waals surface area contributed by atoms with E-state index in [1.807, 2.05) is 20.8 Å². The Morgan fingerprint density at radius 1 is 1.57 bits per heavy atom.